The summed E-state index contributed by atoms with van der Waals surface area (Å²) in [6, 6.07) is 0. The summed E-state index contributed by atoms with van der Waals surface area (Å²) in [4.78, 5) is 22.8. The largest absolute Gasteiger partial charge is 0.356 e. The van der Waals surface area contributed by atoms with Crippen molar-refractivity contribution in [2.24, 2.45) is 11.8 Å². The Bertz CT molecular complexity index is 247. The van der Waals surface area contributed by atoms with Gasteiger partial charge < -0.3 is 5.32 Å². The van der Waals surface area contributed by atoms with E-state index in [4.69, 9.17) is 0 Å². The molecule has 0 saturated carbocycles. The lowest BCUT2D eigenvalue weighted by atomic mass is 10.0. The Hall–Kier alpha value is -0.860. The molecule has 0 fully saturated rings. The fourth-order valence-electron chi connectivity index (χ4n) is 1.63. The molecule has 0 atom stereocenters. The molecule has 1 N–H and O–H groups in total. The number of carbonyl (C=O) groups excluding carboxylic acids is 2. The Morgan fingerprint density at radius 1 is 0.944 bits per heavy atom. The molecule has 18 heavy (non-hydrogen) atoms. The average molecular weight is 255 g/mol. The number of hydrogen-bond acceptors (Lipinski definition) is 2. The summed E-state index contributed by atoms with van der Waals surface area (Å²) >= 11 is 0. The molecule has 0 aromatic heterocycles. The van der Waals surface area contributed by atoms with Crippen LogP contribution >= 0.6 is 0 Å². The molecule has 0 bridgehead atoms. The van der Waals surface area contributed by atoms with Gasteiger partial charge in [-0.1, -0.05) is 34.1 Å². The first-order valence-electron chi connectivity index (χ1n) is 7.23. The van der Waals surface area contributed by atoms with Gasteiger partial charge in [-0.25, -0.2) is 0 Å². The molecule has 0 unspecified atom stereocenters. The molecular formula is C15H29NO2. The number of unbranched alkanes of at least 4 members (excludes halogenated alkanes) is 2. The second-order valence-electron chi connectivity index (χ2n) is 5.71. The van der Waals surface area contributed by atoms with Crippen LogP contribution in [-0.4, -0.2) is 18.2 Å². The van der Waals surface area contributed by atoms with Crippen LogP contribution in [0.1, 0.15) is 66.2 Å². The highest BCUT2D eigenvalue weighted by Gasteiger charge is 2.06. The third-order valence-corrected chi connectivity index (χ3v) is 3.01. The molecule has 0 aliphatic heterocycles. The van der Waals surface area contributed by atoms with Crippen LogP contribution in [0.4, 0.5) is 0 Å². The second-order valence-corrected chi connectivity index (χ2v) is 5.71. The van der Waals surface area contributed by atoms with E-state index < -0.39 is 0 Å². The number of rotatable bonds is 10. The average Bonchev–Trinajstić information content (AvgIpc) is 2.30. The molecule has 106 valence electrons. The van der Waals surface area contributed by atoms with Crippen molar-refractivity contribution in [2.45, 2.75) is 66.2 Å². The molecule has 0 radical (unpaired) electrons. The van der Waals surface area contributed by atoms with Crippen LogP contribution in [0.15, 0.2) is 0 Å². The summed E-state index contributed by atoms with van der Waals surface area (Å²) in [6.45, 7) is 8.87. The molecule has 3 heteroatoms. The lowest BCUT2D eigenvalue weighted by Crippen LogP contribution is -2.24. The van der Waals surface area contributed by atoms with Crippen molar-refractivity contribution >= 4 is 11.7 Å². The summed E-state index contributed by atoms with van der Waals surface area (Å²) in [5.74, 6) is 1.23. The Morgan fingerprint density at radius 3 is 2.17 bits per heavy atom. The fourth-order valence-corrected chi connectivity index (χ4v) is 1.63. The standard InChI is InChI=1S/C15H29NO2/c1-12(2)9-10-15(18)16-11-7-5-6-8-14(17)13(3)4/h12-13H,5-11H2,1-4H3,(H,16,18). The Kier molecular flexibility index (Phi) is 9.62. The number of hydrogen-bond donors (Lipinski definition) is 1. The molecule has 0 rings (SSSR count). The van der Waals surface area contributed by atoms with E-state index in [0.29, 0.717) is 24.5 Å². The summed E-state index contributed by atoms with van der Waals surface area (Å²) in [6.07, 6.45) is 5.19. The summed E-state index contributed by atoms with van der Waals surface area (Å²) in [5.41, 5.74) is 0. The number of ketones is 1. The van der Waals surface area contributed by atoms with Crippen LogP contribution in [0.25, 0.3) is 0 Å². The highest BCUT2D eigenvalue weighted by Crippen LogP contribution is 2.06. The zero-order valence-corrected chi connectivity index (χ0v) is 12.4. The van der Waals surface area contributed by atoms with Crippen LogP contribution in [0, 0.1) is 11.8 Å². The molecule has 0 saturated heterocycles. The van der Waals surface area contributed by atoms with Gasteiger partial charge in [0.15, 0.2) is 0 Å². The van der Waals surface area contributed by atoms with Gasteiger partial charge in [-0.05, 0) is 25.2 Å². The van der Waals surface area contributed by atoms with Crippen LogP contribution < -0.4 is 5.32 Å². The fraction of sp³-hybridized carbons (Fsp3) is 0.867. The number of nitrogens with one attached hydrogen (secondary N) is 1. The number of carbonyl (C=O) groups is 2. The zero-order chi connectivity index (χ0) is 14.0. The van der Waals surface area contributed by atoms with E-state index in [1.54, 1.807) is 0 Å². The van der Waals surface area contributed by atoms with Gasteiger partial charge in [-0.3, -0.25) is 9.59 Å². The first-order valence-corrected chi connectivity index (χ1v) is 7.23. The topological polar surface area (TPSA) is 46.2 Å². The lowest BCUT2D eigenvalue weighted by molar-refractivity contribution is -0.122. The molecule has 1 amide bonds. The Labute approximate surface area is 112 Å². The Morgan fingerprint density at radius 2 is 1.61 bits per heavy atom. The highest BCUT2D eigenvalue weighted by atomic mass is 16.1. The molecule has 0 heterocycles. The van der Waals surface area contributed by atoms with Crippen molar-refractivity contribution in [3.8, 4) is 0 Å². The van der Waals surface area contributed by atoms with Crippen molar-refractivity contribution in [1.29, 1.82) is 0 Å². The van der Waals surface area contributed by atoms with Gasteiger partial charge in [0.2, 0.25) is 5.91 Å². The maximum atomic E-state index is 11.4. The SMILES string of the molecule is CC(C)CCC(=O)NCCCCCC(=O)C(C)C. The quantitative estimate of drug-likeness (QED) is 0.609. The van der Waals surface area contributed by atoms with E-state index in [2.05, 4.69) is 19.2 Å². The van der Waals surface area contributed by atoms with Crippen molar-refractivity contribution < 1.29 is 9.59 Å². The van der Waals surface area contributed by atoms with E-state index in [9.17, 15) is 9.59 Å². The normalized spacial score (nSPS) is 11.0. The van der Waals surface area contributed by atoms with E-state index in [-0.39, 0.29) is 11.8 Å². The van der Waals surface area contributed by atoms with E-state index in [0.717, 1.165) is 32.2 Å². The molecule has 0 aromatic rings. The lowest BCUT2D eigenvalue weighted by Gasteiger charge is -2.07. The van der Waals surface area contributed by atoms with Crippen LogP contribution in [0.5, 0.6) is 0 Å². The molecule has 0 aliphatic carbocycles. The summed E-state index contributed by atoms with van der Waals surface area (Å²) < 4.78 is 0. The minimum atomic E-state index is 0.153. The zero-order valence-electron chi connectivity index (χ0n) is 12.4. The predicted octanol–water partition coefficient (Wildman–Crippen LogP) is 3.32. The van der Waals surface area contributed by atoms with Crippen molar-refractivity contribution in [3.63, 3.8) is 0 Å². The Balaban J connectivity index is 3.35. The maximum Gasteiger partial charge on any atom is 0.220 e. The molecule has 3 nitrogen and oxygen atoms in total. The smallest absolute Gasteiger partial charge is 0.220 e. The van der Waals surface area contributed by atoms with E-state index in [1.165, 1.54) is 0 Å². The van der Waals surface area contributed by atoms with Gasteiger partial charge in [0.05, 0.1) is 0 Å². The minimum Gasteiger partial charge on any atom is -0.356 e. The van der Waals surface area contributed by atoms with E-state index >= 15 is 0 Å². The second kappa shape index (κ2) is 10.1. The van der Waals surface area contributed by atoms with Gasteiger partial charge in [0.1, 0.15) is 5.78 Å². The van der Waals surface area contributed by atoms with Crippen molar-refractivity contribution in [2.75, 3.05) is 6.54 Å². The maximum absolute atomic E-state index is 11.4. The highest BCUT2D eigenvalue weighted by molar-refractivity contribution is 5.80. The first kappa shape index (κ1) is 17.1. The first-order chi connectivity index (χ1) is 8.43. The molecule has 0 aliphatic rings. The van der Waals surface area contributed by atoms with Gasteiger partial charge in [-0.15, -0.1) is 0 Å². The predicted molar refractivity (Wildman–Crippen MR) is 75.4 cm³/mol. The van der Waals surface area contributed by atoms with Crippen LogP contribution in [0.2, 0.25) is 0 Å². The van der Waals surface area contributed by atoms with Crippen molar-refractivity contribution in [3.05, 3.63) is 0 Å². The van der Waals surface area contributed by atoms with E-state index in [1.807, 2.05) is 13.8 Å². The molecular weight excluding hydrogens is 226 g/mol. The number of Topliss-reactive ketones (excluding diaryl/α,β-unsaturated/α-hetero) is 1. The van der Waals surface area contributed by atoms with Gasteiger partial charge in [0, 0.05) is 25.3 Å². The monoisotopic (exact) mass is 255 g/mol. The van der Waals surface area contributed by atoms with Crippen molar-refractivity contribution in [1.82, 2.24) is 5.32 Å². The molecule has 0 spiro atoms. The number of amides is 1. The molecule has 0 aromatic carbocycles. The third-order valence-electron chi connectivity index (χ3n) is 3.01. The summed E-state index contributed by atoms with van der Waals surface area (Å²) in [5, 5.41) is 2.93. The van der Waals surface area contributed by atoms with Crippen LogP contribution in [0.3, 0.4) is 0 Å². The minimum absolute atomic E-state index is 0.153. The summed E-state index contributed by atoms with van der Waals surface area (Å²) in [7, 11) is 0. The van der Waals surface area contributed by atoms with Gasteiger partial charge in [-0.2, -0.15) is 0 Å². The van der Waals surface area contributed by atoms with Crippen LogP contribution in [-0.2, 0) is 9.59 Å². The van der Waals surface area contributed by atoms with Gasteiger partial charge >= 0.3 is 0 Å². The third kappa shape index (κ3) is 10.3. The van der Waals surface area contributed by atoms with Gasteiger partial charge in [0.25, 0.3) is 0 Å².